The molecule has 0 spiro atoms. The van der Waals surface area contributed by atoms with Gasteiger partial charge in [0.2, 0.25) is 0 Å². The molecule has 1 unspecified atom stereocenters. The highest BCUT2D eigenvalue weighted by molar-refractivity contribution is 5.87. The van der Waals surface area contributed by atoms with Crippen LogP contribution in [0.5, 0.6) is 0 Å². The lowest BCUT2D eigenvalue weighted by Crippen LogP contribution is -2.27. The molecule has 0 bridgehead atoms. The molecule has 4 heterocycles. The second-order valence-corrected chi connectivity index (χ2v) is 7.87. The first-order chi connectivity index (χ1) is 15.2. The molecule has 152 valence electrons. The normalized spacial score (nSPS) is 15.8. The molecule has 0 fully saturated rings. The van der Waals surface area contributed by atoms with Gasteiger partial charge in [-0.2, -0.15) is 0 Å². The smallest absolute Gasteiger partial charge is 0.163 e. The number of nitrogens with zero attached hydrogens (tertiary/aromatic N) is 4. The van der Waals surface area contributed by atoms with Crippen LogP contribution in [-0.4, -0.2) is 31.0 Å². The molecule has 6 nitrogen and oxygen atoms in total. The summed E-state index contributed by atoms with van der Waals surface area (Å²) in [6, 6.07) is 13.8. The van der Waals surface area contributed by atoms with Crippen molar-refractivity contribution in [1.82, 2.24) is 24.9 Å². The Hall–Kier alpha value is -3.87. The molecule has 2 N–H and O–H groups in total. The summed E-state index contributed by atoms with van der Waals surface area (Å²) < 4.78 is 13.7. The van der Waals surface area contributed by atoms with Crippen LogP contribution in [0.4, 0.5) is 10.2 Å². The monoisotopic (exact) mass is 410 g/mol. The van der Waals surface area contributed by atoms with E-state index in [0.717, 1.165) is 19.3 Å². The van der Waals surface area contributed by atoms with Crippen LogP contribution in [-0.2, 0) is 12.8 Å². The summed E-state index contributed by atoms with van der Waals surface area (Å²) >= 11 is 0. The average Bonchev–Trinajstić information content (AvgIpc) is 3.17. The Bertz CT molecular complexity index is 1430. The maximum atomic E-state index is 13.7. The molecule has 5 aromatic rings. The van der Waals surface area contributed by atoms with Crippen LogP contribution < -0.4 is 5.32 Å². The third-order valence-corrected chi connectivity index (χ3v) is 5.85. The second-order valence-electron chi connectivity index (χ2n) is 7.87. The highest BCUT2D eigenvalue weighted by Crippen LogP contribution is 2.31. The maximum Gasteiger partial charge on any atom is 0.163 e. The molecule has 1 aromatic carbocycles. The van der Waals surface area contributed by atoms with Gasteiger partial charge in [-0.15, -0.1) is 0 Å². The number of para-hydroxylation sites is 1. The highest BCUT2D eigenvalue weighted by Gasteiger charge is 2.24. The zero-order chi connectivity index (χ0) is 20.8. The molecule has 0 radical (unpaired) electrons. The van der Waals surface area contributed by atoms with E-state index in [1.807, 2.05) is 12.1 Å². The number of hydrogen-bond donors (Lipinski definition) is 2. The van der Waals surface area contributed by atoms with Crippen molar-refractivity contribution >= 4 is 27.8 Å². The van der Waals surface area contributed by atoms with Crippen molar-refractivity contribution in [2.24, 2.45) is 0 Å². The minimum Gasteiger partial charge on any atom is -0.365 e. The Balaban J connectivity index is 1.39. The number of benzene rings is 1. The van der Waals surface area contributed by atoms with E-state index in [0.29, 0.717) is 28.2 Å². The summed E-state index contributed by atoms with van der Waals surface area (Å²) in [5, 5.41) is 4.88. The van der Waals surface area contributed by atoms with Crippen molar-refractivity contribution in [1.29, 1.82) is 0 Å². The topological polar surface area (TPSA) is 79.4 Å². The van der Waals surface area contributed by atoms with Gasteiger partial charge in [0, 0.05) is 40.6 Å². The van der Waals surface area contributed by atoms with Crippen LogP contribution in [0.25, 0.3) is 33.3 Å². The molecule has 0 saturated heterocycles. The van der Waals surface area contributed by atoms with Crippen molar-refractivity contribution in [2.45, 2.75) is 25.3 Å². The van der Waals surface area contributed by atoms with Gasteiger partial charge in [0.1, 0.15) is 11.3 Å². The van der Waals surface area contributed by atoms with Crippen LogP contribution in [0.2, 0.25) is 0 Å². The van der Waals surface area contributed by atoms with Gasteiger partial charge in [-0.05, 0) is 49.1 Å². The van der Waals surface area contributed by atoms with Crippen molar-refractivity contribution in [3.05, 3.63) is 78.1 Å². The lowest BCUT2D eigenvalue weighted by Gasteiger charge is -2.24. The molecular formula is C24H19FN6. The zero-order valence-electron chi connectivity index (χ0n) is 16.6. The molecule has 4 aromatic heterocycles. The molecule has 0 amide bonds. The third kappa shape index (κ3) is 3.18. The van der Waals surface area contributed by atoms with Gasteiger partial charge < -0.3 is 10.3 Å². The van der Waals surface area contributed by atoms with Gasteiger partial charge in [0.25, 0.3) is 0 Å². The lowest BCUT2D eigenvalue weighted by atomic mass is 9.91. The Morgan fingerprint density at radius 1 is 1.06 bits per heavy atom. The Kier molecular flexibility index (Phi) is 4.12. The van der Waals surface area contributed by atoms with Crippen LogP contribution in [0.1, 0.15) is 17.7 Å². The molecule has 31 heavy (non-hydrogen) atoms. The van der Waals surface area contributed by atoms with E-state index in [-0.39, 0.29) is 6.04 Å². The molecular weight excluding hydrogens is 391 g/mol. The maximum absolute atomic E-state index is 13.7. The summed E-state index contributed by atoms with van der Waals surface area (Å²) in [4.78, 5) is 21.3. The van der Waals surface area contributed by atoms with Crippen molar-refractivity contribution in [3.8, 4) is 11.4 Å². The molecule has 7 heteroatoms. The van der Waals surface area contributed by atoms with Gasteiger partial charge in [-0.3, -0.25) is 9.97 Å². The highest BCUT2D eigenvalue weighted by atomic mass is 19.1. The predicted octanol–water partition coefficient (Wildman–Crippen LogP) is 4.68. The zero-order valence-corrected chi connectivity index (χ0v) is 16.6. The Morgan fingerprint density at radius 2 is 2.00 bits per heavy atom. The Labute approximate surface area is 177 Å². The largest absolute Gasteiger partial charge is 0.365 e. The molecule has 6 rings (SSSR count). The Morgan fingerprint density at radius 3 is 2.94 bits per heavy atom. The molecule has 1 atom stereocenters. The van der Waals surface area contributed by atoms with E-state index in [9.17, 15) is 4.39 Å². The minimum atomic E-state index is -0.416. The summed E-state index contributed by atoms with van der Waals surface area (Å²) in [5.74, 6) is 0.679. The van der Waals surface area contributed by atoms with Crippen molar-refractivity contribution in [3.63, 3.8) is 0 Å². The van der Waals surface area contributed by atoms with Gasteiger partial charge >= 0.3 is 0 Å². The summed E-state index contributed by atoms with van der Waals surface area (Å²) in [6.45, 7) is 0. The first-order valence-electron chi connectivity index (χ1n) is 10.3. The summed E-state index contributed by atoms with van der Waals surface area (Å²) in [7, 11) is 0. The number of nitrogens with one attached hydrogen (secondary N) is 2. The summed E-state index contributed by atoms with van der Waals surface area (Å²) in [5.41, 5.74) is 5.82. The fourth-order valence-corrected chi connectivity index (χ4v) is 4.42. The second kappa shape index (κ2) is 7.12. The number of hydrogen-bond acceptors (Lipinski definition) is 5. The molecule has 0 saturated carbocycles. The number of rotatable bonds is 3. The van der Waals surface area contributed by atoms with Crippen molar-refractivity contribution < 1.29 is 4.39 Å². The third-order valence-electron chi connectivity index (χ3n) is 5.85. The average molecular weight is 410 g/mol. The van der Waals surface area contributed by atoms with Crippen molar-refractivity contribution in [2.75, 3.05) is 5.32 Å². The molecule has 1 aliphatic rings. The standard InChI is InChI=1S/C24H19FN6/c25-15-10-14(12-26-13-15)23-30-21-6-3-9-27-22(21)24(31-23)28-16-7-8-20-18(11-16)17-4-1-2-5-19(17)29-20/h1-6,9-10,12-13,16,29H,7-8,11H2,(H,28,30,31). The number of aromatic amines is 1. The van der Waals surface area contributed by atoms with Gasteiger partial charge in [-0.25, -0.2) is 14.4 Å². The number of H-pyrrole nitrogens is 1. The lowest BCUT2D eigenvalue weighted by molar-refractivity contribution is 0.606. The van der Waals surface area contributed by atoms with Crippen LogP contribution in [0, 0.1) is 5.82 Å². The number of fused-ring (bicyclic) bond motifs is 4. The SMILES string of the molecule is Fc1cncc(-c2nc(NC3CCc4[nH]c5ccccc5c4C3)c3ncccc3n2)c1. The number of aromatic nitrogens is 5. The van der Waals surface area contributed by atoms with Crippen LogP contribution in [0.3, 0.4) is 0 Å². The van der Waals surface area contributed by atoms with Gasteiger partial charge in [0.05, 0.1) is 11.7 Å². The molecule has 1 aliphatic carbocycles. The quantitative estimate of drug-likeness (QED) is 0.452. The van der Waals surface area contributed by atoms with E-state index in [2.05, 4.69) is 49.5 Å². The van der Waals surface area contributed by atoms with E-state index in [4.69, 9.17) is 4.98 Å². The van der Waals surface area contributed by atoms with Gasteiger partial charge in [0.15, 0.2) is 11.6 Å². The fourth-order valence-electron chi connectivity index (χ4n) is 4.42. The van der Waals surface area contributed by atoms with E-state index >= 15 is 0 Å². The van der Waals surface area contributed by atoms with Crippen LogP contribution in [0.15, 0.2) is 61.1 Å². The minimum absolute atomic E-state index is 0.213. The molecule has 0 aliphatic heterocycles. The number of pyridine rings is 2. The van der Waals surface area contributed by atoms with E-state index in [1.165, 1.54) is 34.4 Å². The van der Waals surface area contributed by atoms with Crippen LogP contribution >= 0.6 is 0 Å². The number of anilines is 1. The summed E-state index contributed by atoms with van der Waals surface area (Å²) in [6.07, 6.45) is 7.33. The predicted molar refractivity (Wildman–Crippen MR) is 118 cm³/mol. The van der Waals surface area contributed by atoms with E-state index in [1.54, 1.807) is 12.4 Å². The van der Waals surface area contributed by atoms with Gasteiger partial charge in [-0.1, -0.05) is 18.2 Å². The first-order valence-corrected chi connectivity index (χ1v) is 10.3. The fraction of sp³-hybridized carbons (Fsp3) is 0.167. The number of halogens is 1. The first kappa shape index (κ1) is 17.9. The van der Waals surface area contributed by atoms with E-state index < -0.39 is 5.82 Å². The number of aryl methyl sites for hydroxylation is 1.